The smallest absolute Gasteiger partial charge is 0.219 e. The number of hydrogen-bond donors (Lipinski definition) is 0. The van der Waals surface area contributed by atoms with E-state index in [1.54, 1.807) is 13.1 Å². The number of carbonyl (C=O) groups is 1. The number of likely N-dealkylation sites (tertiary alicyclic amines) is 1. The Hall–Kier alpha value is -1.32. The minimum atomic E-state index is 0.147. The van der Waals surface area contributed by atoms with Crippen molar-refractivity contribution < 1.29 is 9.21 Å². The quantitative estimate of drug-likeness (QED) is 0.678. The predicted octanol–water partition coefficient (Wildman–Crippen LogP) is 1.40. The summed E-state index contributed by atoms with van der Waals surface area (Å²) in [5.41, 5.74) is 0. The maximum Gasteiger partial charge on any atom is 0.219 e. The lowest BCUT2D eigenvalue weighted by molar-refractivity contribution is -0.130. The highest BCUT2D eigenvalue weighted by Gasteiger charge is 2.24. The minimum absolute atomic E-state index is 0.147. The van der Waals surface area contributed by atoms with E-state index >= 15 is 0 Å². The summed E-state index contributed by atoms with van der Waals surface area (Å²) in [7, 11) is 0. The summed E-state index contributed by atoms with van der Waals surface area (Å²) in [4.78, 5) is 17.0. The Balaban J connectivity index is 2.04. The van der Waals surface area contributed by atoms with Gasteiger partial charge in [-0.25, -0.2) is 4.98 Å². The summed E-state index contributed by atoms with van der Waals surface area (Å²) >= 11 is 0. The van der Waals surface area contributed by atoms with Crippen LogP contribution in [0.25, 0.3) is 0 Å². The van der Waals surface area contributed by atoms with Gasteiger partial charge in [0, 0.05) is 25.9 Å². The van der Waals surface area contributed by atoms with Gasteiger partial charge in [0.1, 0.15) is 5.76 Å². The molecule has 0 N–H and O–H groups in total. The monoisotopic (exact) mass is 194 g/mol. The molecule has 0 spiro atoms. The number of oxazole rings is 1. The van der Waals surface area contributed by atoms with Crippen molar-refractivity contribution in [2.24, 2.45) is 0 Å². The molecule has 0 aromatic carbocycles. The summed E-state index contributed by atoms with van der Waals surface area (Å²) in [5, 5.41) is 0. The van der Waals surface area contributed by atoms with Gasteiger partial charge in [0.15, 0.2) is 6.39 Å². The Labute approximate surface area is 82.9 Å². The Morgan fingerprint density at radius 3 is 3.21 bits per heavy atom. The Morgan fingerprint density at radius 1 is 1.71 bits per heavy atom. The predicted molar refractivity (Wildman–Crippen MR) is 50.7 cm³/mol. The van der Waals surface area contributed by atoms with Crippen LogP contribution in [0.15, 0.2) is 17.0 Å². The third-order valence-electron chi connectivity index (χ3n) is 2.72. The normalized spacial score (nSPS) is 22.4. The molecule has 0 saturated carbocycles. The number of carbonyl (C=O) groups excluding carboxylic acids is 1. The van der Waals surface area contributed by atoms with Gasteiger partial charge in [-0.05, 0) is 12.8 Å². The number of piperidine rings is 1. The van der Waals surface area contributed by atoms with Gasteiger partial charge in [0.05, 0.1) is 6.20 Å². The molecule has 0 bridgehead atoms. The second-order valence-corrected chi connectivity index (χ2v) is 3.71. The van der Waals surface area contributed by atoms with Crippen LogP contribution in [0.4, 0.5) is 0 Å². The van der Waals surface area contributed by atoms with Crippen LogP contribution in [0.2, 0.25) is 0 Å². The third kappa shape index (κ3) is 1.78. The molecular weight excluding hydrogens is 180 g/mol. The molecule has 1 aliphatic heterocycles. The maximum atomic E-state index is 11.2. The molecule has 1 aromatic rings. The number of amides is 1. The summed E-state index contributed by atoms with van der Waals surface area (Å²) in [6.45, 7) is 3.26. The van der Waals surface area contributed by atoms with E-state index in [0.717, 1.165) is 31.7 Å². The van der Waals surface area contributed by atoms with Gasteiger partial charge in [-0.3, -0.25) is 4.79 Å². The molecular formula is C10H14N2O2. The summed E-state index contributed by atoms with van der Waals surface area (Å²) in [6, 6.07) is 0. The fourth-order valence-electron chi connectivity index (χ4n) is 1.92. The van der Waals surface area contributed by atoms with Crippen molar-refractivity contribution in [1.29, 1.82) is 0 Å². The Morgan fingerprint density at radius 2 is 2.57 bits per heavy atom. The summed E-state index contributed by atoms with van der Waals surface area (Å²) in [5.74, 6) is 1.38. The van der Waals surface area contributed by atoms with E-state index in [1.165, 1.54) is 6.39 Å². The van der Waals surface area contributed by atoms with Crippen LogP contribution in [-0.2, 0) is 4.79 Å². The zero-order valence-corrected chi connectivity index (χ0v) is 8.27. The number of nitrogens with zero attached hydrogens (tertiary/aromatic N) is 2. The number of hydrogen-bond acceptors (Lipinski definition) is 3. The van der Waals surface area contributed by atoms with Gasteiger partial charge in [-0.15, -0.1) is 0 Å². The minimum Gasteiger partial charge on any atom is -0.448 e. The van der Waals surface area contributed by atoms with Crippen LogP contribution in [0, 0.1) is 0 Å². The van der Waals surface area contributed by atoms with Crippen molar-refractivity contribution in [2.75, 3.05) is 13.1 Å². The zero-order valence-electron chi connectivity index (χ0n) is 8.27. The van der Waals surface area contributed by atoms with Gasteiger partial charge in [-0.1, -0.05) is 0 Å². The lowest BCUT2D eigenvalue weighted by Crippen LogP contribution is -2.37. The maximum absolute atomic E-state index is 11.2. The first-order chi connectivity index (χ1) is 6.77. The molecule has 1 saturated heterocycles. The fourth-order valence-corrected chi connectivity index (χ4v) is 1.92. The molecule has 2 heterocycles. The van der Waals surface area contributed by atoms with Gasteiger partial charge in [0.25, 0.3) is 0 Å². The molecule has 1 aliphatic rings. The van der Waals surface area contributed by atoms with Crippen molar-refractivity contribution in [3.63, 3.8) is 0 Å². The SMILES string of the molecule is CC(=O)N1CCC[C@H](c2cnco2)C1. The van der Waals surface area contributed by atoms with E-state index in [2.05, 4.69) is 4.98 Å². The highest BCUT2D eigenvalue weighted by Crippen LogP contribution is 2.26. The van der Waals surface area contributed by atoms with Crippen molar-refractivity contribution in [2.45, 2.75) is 25.7 Å². The van der Waals surface area contributed by atoms with Crippen molar-refractivity contribution in [1.82, 2.24) is 9.88 Å². The molecule has 0 radical (unpaired) electrons. The van der Waals surface area contributed by atoms with E-state index in [0.29, 0.717) is 5.92 Å². The highest BCUT2D eigenvalue weighted by molar-refractivity contribution is 5.73. The average Bonchev–Trinajstić information content (AvgIpc) is 2.71. The molecule has 1 aromatic heterocycles. The molecule has 4 heteroatoms. The lowest BCUT2D eigenvalue weighted by Gasteiger charge is -2.30. The molecule has 1 fully saturated rings. The van der Waals surface area contributed by atoms with Crippen molar-refractivity contribution in [3.05, 3.63) is 18.4 Å². The van der Waals surface area contributed by atoms with Crippen LogP contribution in [-0.4, -0.2) is 28.9 Å². The van der Waals surface area contributed by atoms with Gasteiger partial charge >= 0.3 is 0 Å². The van der Waals surface area contributed by atoms with Crippen molar-refractivity contribution in [3.8, 4) is 0 Å². The van der Waals surface area contributed by atoms with Crippen LogP contribution < -0.4 is 0 Å². The summed E-state index contributed by atoms with van der Waals surface area (Å²) < 4.78 is 5.25. The van der Waals surface area contributed by atoms with E-state index in [9.17, 15) is 4.79 Å². The fraction of sp³-hybridized carbons (Fsp3) is 0.600. The second kappa shape index (κ2) is 3.82. The van der Waals surface area contributed by atoms with Gasteiger partial charge in [0.2, 0.25) is 5.91 Å². The molecule has 1 atom stereocenters. The Kier molecular flexibility index (Phi) is 2.52. The molecule has 0 unspecified atom stereocenters. The van der Waals surface area contributed by atoms with Gasteiger partial charge < -0.3 is 9.32 Å². The lowest BCUT2D eigenvalue weighted by atomic mass is 9.96. The van der Waals surface area contributed by atoms with Gasteiger partial charge in [-0.2, -0.15) is 0 Å². The van der Waals surface area contributed by atoms with E-state index < -0.39 is 0 Å². The van der Waals surface area contributed by atoms with E-state index in [-0.39, 0.29) is 5.91 Å². The van der Waals surface area contributed by atoms with E-state index in [4.69, 9.17) is 4.42 Å². The van der Waals surface area contributed by atoms with Crippen molar-refractivity contribution >= 4 is 5.91 Å². The van der Waals surface area contributed by atoms with Crippen LogP contribution in [0.3, 0.4) is 0 Å². The standard InChI is InChI=1S/C10H14N2O2/c1-8(13)12-4-2-3-9(6-12)10-5-11-7-14-10/h5,7,9H,2-4,6H2,1H3/t9-/m0/s1. The van der Waals surface area contributed by atoms with Crippen LogP contribution in [0.5, 0.6) is 0 Å². The molecule has 2 rings (SSSR count). The highest BCUT2D eigenvalue weighted by atomic mass is 16.3. The topological polar surface area (TPSA) is 46.3 Å². The van der Waals surface area contributed by atoms with Crippen LogP contribution in [0.1, 0.15) is 31.4 Å². The summed E-state index contributed by atoms with van der Waals surface area (Å²) in [6.07, 6.45) is 5.32. The molecule has 0 aliphatic carbocycles. The second-order valence-electron chi connectivity index (χ2n) is 3.71. The molecule has 76 valence electrons. The number of aromatic nitrogens is 1. The third-order valence-corrected chi connectivity index (χ3v) is 2.72. The zero-order chi connectivity index (χ0) is 9.97. The molecule has 1 amide bonds. The first-order valence-electron chi connectivity index (χ1n) is 4.91. The first-order valence-corrected chi connectivity index (χ1v) is 4.91. The number of rotatable bonds is 1. The average molecular weight is 194 g/mol. The van der Waals surface area contributed by atoms with Crippen LogP contribution >= 0.6 is 0 Å². The van der Waals surface area contributed by atoms with E-state index in [1.807, 2.05) is 4.90 Å². The largest absolute Gasteiger partial charge is 0.448 e. The Bertz CT molecular complexity index is 308. The first kappa shape index (κ1) is 9.24. The molecule has 4 nitrogen and oxygen atoms in total. The molecule has 14 heavy (non-hydrogen) atoms.